The summed E-state index contributed by atoms with van der Waals surface area (Å²) in [6.45, 7) is 5.34. The van der Waals surface area contributed by atoms with Gasteiger partial charge in [-0.2, -0.15) is 0 Å². The van der Waals surface area contributed by atoms with Crippen molar-refractivity contribution in [3.63, 3.8) is 0 Å². The number of anilines is 1. The number of thioether (sulfide) groups is 1. The molecule has 128 valence electrons. The first kappa shape index (κ1) is 17.7. The molecule has 0 spiro atoms. The molecule has 1 aliphatic rings. The minimum absolute atomic E-state index is 0.0218. The predicted molar refractivity (Wildman–Crippen MR) is 102 cm³/mol. The van der Waals surface area contributed by atoms with Gasteiger partial charge in [0.25, 0.3) is 0 Å². The number of rotatable bonds is 6. The summed E-state index contributed by atoms with van der Waals surface area (Å²) in [7, 11) is 0. The van der Waals surface area contributed by atoms with E-state index in [0.29, 0.717) is 10.8 Å². The van der Waals surface area contributed by atoms with E-state index in [4.69, 9.17) is 11.6 Å². The van der Waals surface area contributed by atoms with Gasteiger partial charge < -0.3 is 5.32 Å². The van der Waals surface area contributed by atoms with Gasteiger partial charge in [0.05, 0.1) is 11.4 Å². The number of fused-ring (bicyclic) bond motifs is 1. The van der Waals surface area contributed by atoms with E-state index < -0.39 is 0 Å². The molecular weight excluding hydrogens is 362 g/mol. The first-order valence-electron chi connectivity index (χ1n) is 8.03. The maximum absolute atomic E-state index is 12.1. The van der Waals surface area contributed by atoms with E-state index >= 15 is 0 Å². The highest BCUT2D eigenvalue weighted by molar-refractivity contribution is 8.00. The van der Waals surface area contributed by atoms with Gasteiger partial charge in [-0.05, 0) is 37.2 Å². The van der Waals surface area contributed by atoms with Gasteiger partial charge in [0, 0.05) is 34.3 Å². The average Bonchev–Trinajstić information content (AvgIpc) is 2.96. The molecule has 24 heavy (non-hydrogen) atoms. The topological polar surface area (TPSA) is 45.2 Å². The van der Waals surface area contributed by atoms with E-state index in [1.165, 1.54) is 23.1 Å². The second-order valence-corrected chi connectivity index (χ2v) is 8.27. The Morgan fingerprint density at radius 2 is 2.21 bits per heavy atom. The molecule has 0 unspecified atom stereocenters. The zero-order valence-corrected chi connectivity index (χ0v) is 15.9. The third-order valence-electron chi connectivity index (χ3n) is 3.78. The Kier molecular flexibility index (Phi) is 6.16. The molecule has 0 bridgehead atoms. The Balaban J connectivity index is 1.53. The van der Waals surface area contributed by atoms with Crippen LogP contribution in [0.15, 0.2) is 29.2 Å². The number of thiazole rings is 1. The molecule has 0 saturated heterocycles. The number of nitrogens with zero attached hydrogens (tertiary/aromatic N) is 2. The second-order valence-electron chi connectivity index (χ2n) is 5.71. The number of carbonyl (C=O) groups is 1. The summed E-state index contributed by atoms with van der Waals surface area (Å²) in [5, 5.41) is 4.36. The number of halogens is 1. The van der Waals surface area contributed by atoms with Crippen LogP contribution in [0.5, 0.6) is 0 Å². The van der Waals surface area contributed by atoms with E-state index in [2.05, 4.69) is 22.1 Å². The monoisotopic (exact) mass is 381 g/mol. The Morgan fingerprint density at radius 3 is 2.96 bits per heavy atom. The predicted octanol–water partition coefficient (Wildman–Crippen LogP) is 4.30. The van der Waals surface area contributed by atoms with Crippen molar-refractivity contribution in [3.05, 3.63) is 39.9 Å². The van der Waals surface area contributed by atoms with Crippen molar-refractivity contribution in [2.45, 2.75) is 31.2 Å². The van der Waals surface area contributed by atoms with Gasteiger partial charge in [0.2, 0.25) is 5.91 Å². The number of nitrogens with one attached hydrogen (secondary N) is 1. The number of hydrogen-bond donors (Lipinski definition) is 1. The van der Waals surface area contributed by atoms with Crippen LogP contribution in [0.3, 0.4) is 0 Å². The summed E-state index contributed by atoms with van der Waals surface area (Å²) in [5.41, 5.74) is 1.15. The van der Waals surface area contributed by atoms with Crippen molar-refractivity contribution in [1.29, 1.82) is 0 Å². The van der Waals surface area contributed by atoms with Crippen molar-refractivity contribution in [3.8, 4) is 0 Å². The highest BCUT2D eigenvalue weighted by Crippen LogP contribution is 2.28. The van der Waals surface area contributed by atoms with Crippen LogP contribution in [0.1, 0.15) is 23.9 Å². The SMILES string of the molecule is CCCN1CCc2nc(NC(=O)CSc3ccc(Cl)cc3)sc2C1. The van der Waals surface area contributed by atoms with Crippen molar-refractivity contribution < 1.29 is 4.79 Å². The zero-order valence-electron chi connectivity index (χ0n) is 13.5. The number of carbonyl (C=O) groups excluding carboxylic acids is 1. The molecule has 2 aromatic rings. The first-order chi connectivity index (χ1) is 11.6. The Hall–Kier alpha value is -1.08. The molecule has 2 heterocycles. The van der Waals surface area contributed by atoms with E-state index in [1.807, 2.05) is 24.3 Å². The maximum atomic E-state index is 12.1. The second kappa shape index (κ2) is 8.34. The van der Waals surface area contributed by atoms with Crippen LogP contribution < -0.4 is 5.32 Å². The van der Waals surface area contributed by atoms with Gasteiger partial charge in [0.15, 0.2) is 5.13 Å². The van der Waals surface area contributed by atoms with Crippen molar-refractivity contribution >= 4 is 45.7 Å². The lowest BCUT2D eigenvalue weighted by atomic mass is 10.2. The molecule has 1 aromatic heterocycles. The van der Waals surface area contributed by atoms with Crippen LogP contribution in [0.2, 0.25) is 5.02 Å². The Morgan fingerprint density at radius 1 is 1.42 bits per heavy atom. The number of aromatic nitrogens is 1. The lowest BCUT2D eigenvalue weighted by Gasteiger charge is -2.24. The molecule has 1 aliphatic heterocycles. The van der Waals surface area contributed by atoms with Gasteiger partial charge in [-0.3, -0.25) is 9.69 Å². The lowest BCUT2D eigenvalue weighted by molar-refractivity contribution is -0.113. The summed E-state index contributed by atoms with van der Waals surface area (Å²) >= 11 is 8.96. The van der Waals surface area contributed by atoms with Crippen molar-refractivity contribution in [1.82, 2.24) is 9.88 Å². The van der Waals surface area contributed by atoms with E-state index in [-0.39, 0.29) is 5.91 Å². The van der Waals surface area contributed by atoms with Crippen LogP contribution in [0.4, 0.5) is 5.13 Å². The minimum Gasteiger partial charge on any atom is -0.301 e. The third kappa shape index (κ3) is 4.72. The van der Waals surface area contributed by atoms with Gasteiger partial charge in [-0.1, -0.05) is 18.5 Å². The molecule has 0 radical (unpaired) electrons. The van der Waals surface area contributed by atoms with Crippen LogP contribution in [0.25, 0.3) is 0 Å². The summed E-state index contributed by atoms with van der Waals surface area (Å²) < 4.78 is 0. The van der Waals surface area contributed by atoms with Crippen molar-refractivity contribution in [2.75, 3.05) is 24.2 Å². The fourth-order valence-electron chi connectivity index (χ4n) is 2.64. The highest BCUT2D eigenvalue weighted by atomic mass is 35.5. The lowest BCUT2D eigenvalue weighted by Crippen LogP contribution is -2.30. The number of hydrogen-bond acceptors (Lipinski definition) is 5. The molecule has 0 aliphatic carbocycles. The fourth-order valence-corrected chi connectivity index (χ4v) is 4.54. The third-order valence-corrected chi connectivity index (χ3v) is 6.04. The Labute approximate surface area is 155 Å². The first-order valence-corrected chi connectivity index (χ1v) is 10.2. The highest BCUT2D eigenvalue weighted by Gasteiger charge is 2.20. The van der Waals surface area contributed by atoms with Crippen LogP contribution in [-0.2, 0) is 17.8 Å². The average molecular weight is 382 g/mol. The molecule has 0 saturated carbocycles. The van der Waals surface area contributed by atoms with E-state index in [0.717, 1.165) is 41.8 Å². The molecule has 0 atom stereocenters. The fraction of sp³-hybridized carbons (Fsp3) is 0.412. The Bertz CT molecular complexity index is 702. The van der Waals surface area contributed by atoms with Gasteiger partial charge in [0.1, 0.15) is 0 Å². The summed E-state index contributed by atoms with van der Waals surface area (Å²) in [4.78, 5) is 21.5. The largest absolute Gasteiger partial charge is 0.301 e. The summed E-state index contributed by atoms with van der Waals surface area (Å²) in [6.07, 6.45) is 2.14. The smallest absolute Gasteiger partial charge is 0.236 e. The quantitative estimate of drug-likeness (QED) is 0.758. The van der Waals surface area contributed by atoms with Gasteiger partial charge in [-0.25, -0.2) is 4.98 Å². The number of benzene rings is 1. The minimum atomic E-state index is -0.0218. The summed E-state index contributed by atoms with van der Waals surface area (Å²) in [6, 6.07) is 7.51. The molecule has 1 N–H and O–H groups in total. The normalized spacial score (nSPS) is 14.4. The maximum Gasteiger partial charge on any atom is 0.236 e. The van der Waals surface area contributed by atoms with Crippen LogP contribution >= 0.6 is 34.7 Å². The zero-order chi connectivity index (χ0) is 16.9. The van der Waals surface area contributed by atoms with E-state index in [1.54, 1.807) is 11.3 Å². The van der Waals surface area contributed by atoms with Gasteiger partial charge in [-0.15, -0.1) is 23.1 Å². The van der Waals surface area contributed by atoms with Crippen molar-refractivity contribution in [2.24, 2.45) is 0 Å². The van der Waals surface area contributed by atoms with E-state index in [9.17, 15) is 4.79 Å². The van der Waals surface area contributed by atoms with Crippen LogP contribution in [-0.4, -0.2) is 34.6 Å². The van der Waals surface area contributed by atoms with Gasteiger partial charge >= 0.3 is 0 Å². The molecular formula is C17H20ClN3OS2. The molecule has 1 amide bonds. The van der Waals surface area contributed by atoms with Crippen LogP contribution in [0, 0.1) is 0 Å². The molecule has 7 heteroatoms. The molecule has 0 fully saturated rings. The summed E-state index contributed by atoms with van der Waals surface area (Å²) in [5.74, 6) is 0.347. The number of amides is 1. The standard InChI is InChI=1S/C17H20ClN3OS2/c1-2-8-21-9-7-14-15(10-21)24-17(19-14)20-16(22)11-23-13-5-3-12(18)4-6-13/h3-6H,2,7-11H2,1H3,(H,19,20,22). The molecule has 3 rings (SSSR count). The molecule has 4 nitrogen and oxygen atoms in total. The molecule has 1 aromatic carbocycles.